The molecule has 0 atom stereocenters. The van der Waals surface area contributed by atoms with E-state index in [1.807, 2.05) is 0 Å². The van der Waals surface area contributed by atoms with Crippen molar-refractivity contribution < 1.29 is 0 Å². The van der Waals surface area contributed by atoms with E-state index in [2.05, 4.69) is 64.3 Å². The lowest BCUT2D eigenvalue weighted by atomic mass is 9.85. The predicted octanol–water partition coefficient (Wildman–Crippen LogP) is 3.62. The summed E-state index contributed by atoms with van der Waals surface area (Å²) in [4.78, 5) is 0. The second kappa shape index (κ2) is 6.24. The Morgan fingerprint density at radius 3 is 2.00 bits per heavy atom. The zero-order valence-electron chi connectivity index (χ0n) is 12.8. The largest absolute Gasteiger partial charge is 0.383 e. The van der Waals surface area contributed by atoms with Crippen molar-refractivity contribution in [2.75, 3.05) is 25.0 Å². The van der Waals surface area contributed by atoms with Crippen molar-refractivity contribution in [2.45, 2.75) is 47.0 Å². The highest BCUT2D eigenvalue weighted by Crippen LogP contribution is 2.29. The second-order valence-corrected chi connectivity index (χ2v) is 6.02. The molecule has 0 saturated heterocycles. The Labute approximate surface area is 112 Å². The third-order valence-corrected chi connectivity index (χ3v) is 3.25. The number of likely N-dealkylation sites (N-methyl/N-ethyl adjacent to an activating group) is 1. The van der Waals surface area contributed by atoms with E-state index in [1.165, 1.54) is 22.4 Å². The lowest BCUT2D eigenvalue weighted by Crippen LogP contribution is -2.22. The average Bonchev–Trinajstić information content (AvgIpc) is 2.25. The maximum Gasteiger partial charge on any atom is 0.0400 e. The lowest BCUT2D eigenvalue weighted by molar-refractivity contribution is 0.589. The van der Waals surface area contributed by atoms with Gasteiger partial charge in [0.2, 0.25) is 0 Å². The highest BCUT2D eigenvalue weighted by Gasteiger charge is 2.15. The molecule has 2 heteroatoms. The van der Waals surface area contributed by atoms with Gasteiger partial charge in [0.1, 0.15) is 0 Å². The van der Waals surface area contributed by atoms with E-state index in [1.54, 1.807) is 0 Å². The summed E-state index contributed by atoms with van der Waals surface area (Å²) in [6.07, 6.45) is 0. The number of hydrogen-bond acceptors (Lipinski definition) is 2. The normalized spacial score (nSPS) is 11.7. The fraction of sp³-hybridized carbons (Fsp3) is 0.625. The van der Waals surface area contributed by atoms with Crippen molar-refractivity contribution in [3.8, 4) is 0 Å². The third kappa shape index (κ3) is 4.02. The van der Waals surface area contributed by atoms with Crippen LogP contribution in [0.3, 0.4) is 0 Å². The minimum Gasteiger partial charge on any atom is -0.383 e. The molecule has 1 rings (SSSR count). The van der Waals surface area contributed by atoms with Gasteiger partial charge in [0.05, 0.1) is 0 Å². The Kier molecular flexibility index (Phi) is 5.21. The van der Waals surface area contributed by atoms with Crippen LogP contribution in [0.5, 0.6) is 0 Å². The molecule has 0 aromatic heterocycles. The summed E-state index contributed by atoms with van der Waals surface area (Å²) in [5.41, 5.74) is 5.61. The third-order valence-electron chi connectivity index (χ3n) is 3.25. The molecule has 0 saturated carbocycles. The van der Waals surface area contributed by atoms with E-state index in [0.717, 1.165) is 19.6 Å². The first-order chi connectivity index (χ1) is 8.36. The monoisotopic (exact) mass is 248 g/mol. The van der Waals surface area contributed by atoms with Crippen molar-refractivity contribution in [1.82, 2.24) is 5.32 Å². The Balaban J connectivity index is 2.82. The summed E-state index contributed by atoms with van der Waals surface area (Å²) in [6.45, 7) is 16.3. The zero-order valence-corrected chi connectivity index (χ0v) is 12.8. The van der Waals surface area contributed by atoms with E-state index in [0.29, 0.717) is 0 Å². The summed E-state index contributed by atoms with van der Waals surface area (Å²) in [7, 11) is 0. The summed E-state index contributed by atoms with van der Waals surface area (Å²) in [5.74, 6) is 0. The first-order valence-electron chi connectivity index (χ1n) is 6.92. The molecule has 0 aliphatic carbocycles. The van der Waals surface area contributed by atoms with Gasteiger partial charge in [0.25, 0.3) is 0 Å². The van der Waals surface area contributed by atoms with Crippen LogP contribution in [0.1, 0.15) is 44.4 Å². The molecule has 0 aliphatic rings. The average molecular weight is 248 g/mol. The Morgan fingerprint density at radius 1 is 1.00 bits per heavy atom. The van der Waals surface area contributed by atoms with Gasteiger partial charge >= 0.3 is 0 Å². The van der Waals surface area contributed by atoms with E-state index in [4.69, 9.17) is 0 Å². The fourth-order valence-corrected chi connectivity index (χ4v) is 2.13. The van der Waals surface area contributed by atoms with Crippen LogP contribution in [-0.2, 0) is 5.41 Å². The smallest absolute Gasteiger partial charge is 0.0400 e. The van der Waals surface area contributed by atoms with Crippen molar-refractivity contribution >= 4 is 5.69 Å². The van der Waals surface area contributed by atoms with Gasteiger partial charge in [0, 0.05) is 18.8 Å². The predicted molar refractivity (Wildman–Crippen MR) is 81.6 cm³/mol. The molecular formula is C16H28N2. The van der Waals surface area contributed by atoms with E-state index in [-0.39, 0.29) is 5.41 Å². The first-order valence-corrected chi connectivity index (χ1v) is 6.92. The van der Waals surface area contributed by atoms with Crippen LogP contribution in [0.4, 0.5) is 5.69 Å². The summed E-state index contributed by atoms with van der Waals surface area (Å²) in [6, 6.07) is 4.62. The van der Waals surface area contributed by atoms with Gasteiger partial charge in [-0.1, -0.05) is 39.8 Å². The number of hydrogen-bond donors (Lipinski definition) is 2. The molecule has 0 amide bonds. The molecule has 2 nitrogen and oxygen atoms in total. The molecule has 18 heavy (non-hydrogen) atoms. The fourth-order valence-electron chi connectivity index (χ4n) is 2.13. The highest BCUT2D eigenvalue weighted by molar-refractivity contribution is 5.59. The van der Waals surface area contributed by atoms with Crippen LogP contribution in [0, 0.1) is 13.8 Å². The van der Waals surface area contributed by atoms with Gasteiger partial charge in [-0.25, -0.2) is 0 Å². The van der Waals surface area contributed by atoms with Crippen molar-refractivity contribution in [3.05, 3.63) is 28.8 Å². The van der Waals surface area contributed by atoms with Gasteiger partial charge in [-0.3, -0.25) is 0 Å². The van der Waals surface area contributed by atoms with Crippen molar-refractivity contribution in [3.63, 3.8) is 0 Å². The van der Waals surface area contributed by atoms with Crippen molar-refractivity contribution in [1.29, 1.82) is 0 Å². The molecule has 0 heterocycles. The van der Waals surface area contributed by atoms with Gasteiger partial charge in [-0.05, 0) is 42.5 Å². The summed E-state index contributed by atoms with van der Waals surface area (Å²) < 4.78 is 0. The summed E-state index contributed by atoms with van der Waals surface area (Å²) >= 11 is 0. The van der Waals surface area contributed by atoms with Crippen molar-refractivity contribution in [2.24, 2.45) is 0 Å². The Hall–Kier alpha value is -1.02. The zero-order chi connectivity index (χ0) is 13.8. The molecule has 1 aromatic carbocycles. The molecule has 2 N–H and O–H groups in total. The standard InChI is InChI=1S/C16H28N2/c1-7-17-8-9-18-15-12(2)10-14(11-13(15)3)16(4,5)6/h10-11,17-18H,7-9H2,1-6H3. The number of rotatable bonds is 5. The van der Waals surface area contributed by atoms with Crippen LogP contribution in [0.25, 0.3) is 0 Å². The van der Waals surface area contributed by atoms with Crippen LogP contribution >= 0.6 is 0 Å². The Bertz CT molecular complexity index is 366. The first kappa shape index (κ1) is 15.0. The molecule has 1 aromatic rings. The van der Waals surface area contributed by atoms with E-state index < -0.39 is 0 Å². The highest BCUT2D eigenvalue weighted by atomic mass is 14.9. The number of nitrogens with one attached hydrogen (secondary N) is 2. The maximum absolute atomic E-state index is 3.53. The van der Waals surface area contributed by atoms with E-state index >= 15 is 0 Å². The van der Waals surface area contributed by atoms with E-state index in [9.17, 15) is 0 Å². The molecule has 0 radical (unpaired) electrons. The molecule has 0 aliphatic heterocycles. The molecule has 0 bridgehead atoms. The molecule has 0 fully saturated rings. The second-order valence-electron chi connectivity index (χ2n) is 6.02. The quantitative estimate of drug-likeness (QED) is 0.778. The molecule has 0 spiro atoms. The number of anilines is 1. The van der Waals surface area contributed by atoms with Gasteiger partial charge in [-0.15, -0.1) is 0 Å². The van der Waals surface area contributed by atoms with Crippen LogP contribution in [0.15, 0.2) is 12.1 Å². The Morgan fingerprint density at radius 2 is 1.56 bits per heavy atom. The minimum atomic E-state index is 0.220. The molecule has 102 valence electrons. The lowest BCUT2D eigenvalue weighted by Gasteiger charge is -2.23. The van der Waals surface area contributed by atoms with Gasteiger partial charge < -0.3 is 10.6 Å². The topological polar surface area (TPSA) is 24.1 Å². The number of aryl methyl sites for hydroxylation is 2. The number of benzene rings is 1. The maximum atomic E-state index is 3.53. The van der Waals surface area contributed by atoms with Crippen LogP contribution < -0.4 is 10.6 Å². The molecular weight excluding hydrogens is 220 g/mol. The minimum absolute atomic E-state index is 0.220. The van der Waals surface area contributed by atoms with Crippen LogP contribution in [-0.4, -0.2) is 19.6 Å². The SMILES string of the molecule is CCNCCNc1c(C)cc(C(C)(C)C)cc1C. The summed E-state index contributed by atoms with van der Waals surface area (Å²) in [5, 5.41) is 6.86. The molecule has 0 unspecified atom stereocenters. The van der Waals surface area contributed by atoms with Gasteiger partial charge in [0.15, 0.2) is 0 Å². The van der Waals surface area contributed by atoms with Crippen LogP contribution in [0.2, 0.25) is 0 Å². The van der Waals surface area contributed by atoms with Gasteiger partial charge in [-0.2, -0.15) is 0 Å².